The zero-order chi connectivity index (χ0) is 13.1. The van der Waals surface area contributed by atoms with E-state index in [4.69, 9.17) is 5.73 Å². The van der Waals surface area contributed by atoms with E-state index in [2.05, 4.69) is 32.6 Å². The molecule has 0 amide bonds. The van der Waals surface area contributed by atoms with Crippen molar-refractivity contribution in [3.63, 3.8) is 0 Å². The van der Waals surface area contributed by atoms with E-state index in [1.54, 1.807) is 0 Å². The first-order valence-corrected chi connectivity index (χ1v) is 7.53. The molecule has 5 heteroatoms. The van der Waals surface area contributed by atoms with Crippen LogP contribution in [0.4, 0.5) is 5.82 Å². The Kier molecular flexibility index (Phi) is 3.75. The quantitative estimate of drug-likeness (QED) is 0.934. The van der Waals surface area contributed by atoms with Crippen molar-refractivity contribution in [2.45, 2.75) is 25.3 Å². The second-order valence-corrected chi connectivity index (χ2v) is 5.99. The fourth-order valence-corrected chi connectivity index (χ4v) is 3.48. The number of thiophene rings is 1. The summed E-state index contributed by atoms with van der Waals surface area (Å²) in [5.41, 5.74) is 6.55. The molecule has 0 aromatic carbocycles. The lowest BCUT2D eigenvalue weighted by molar-refractivity contribution is 0.203. The molecule has 0 unspecified atom stereocenters. The van der Waals surface area contributed by atoms with Crippen LogP contribution in [-0.4, -0.2) is 28.2 Å². The third-order valence-corrected chi connectivity index (χ3v) is 4.69. The Labute approximate surface area is 117 Å². The van der Waals surface area contributed by atoms with Crippen molar-refractivity contribution in [2.75, 3.05) is 18.8 Å². The summed E-state index contributed by atoms with van der Waals surface area (Å²) >= 11 is 1.88. The average Bonchev–Trinajstić information content (AvgIpc) is 2.96. The molecule has 0 spiro atoms. The zero-order valence-electron chi connectivity index (χ0n) is 10.8. The van der Waals surface area contributed by atoms with Crippen LogP contribution in [0.15, 0.2) is 29.6 Å². The lowest BCUT2D eigenvalue weighted by Gasteiger charge is -2.31. The number of piperidine rings is 1. The Morgan fingerprint density at radius 1 is 1.21 bits per heavy atom. The molecular weight excluding hydrogens is 256 g/mol. The van der Waals surface area contributed by atoms with Gasteiger partial charge in [-0.15, -0.1) is 16.4 Å². The van der Waals surface area contributed by atoms with Crippen LogP contribution in [0, 0.1) is 0 Å². The highest BCUT2D eigenvalue weighted by Crippen LogP contribution is 2.31. The number of anilines is 1. The lowest BCUT2D eigenvalue weighted by atomic mass is 9.95. The van der Waals surface area contributed by atoms with Crippen molar-refractivity contribution in [2.24, 2.45) is 0 Å². The Bertz CT molecular complexity index is 501. The molecular formula is C14H18N4S. The molecule has 3 rings (SSSR count). The summed E-state index contributed by atoms with van der Waals surface area (Å²) in [6.45, 7) is 3.15. The maximum atomic E-state index is 5.55. The van der Waals surface area contributed by atoms with Gasteiger partial charge in [-0.25, -0.2) is 0 Å². The second kappa shape index (κ2) is 5.67. The minimum absolute atomic E-state index is 0.486. The number of hydrogen-bond donors (Lipinski definition) is 1. The summed E-state index contributed by atoms with van der Waals surface area (Å²) in [5.74, 6) is 1.23. The molecule has 100 valence electrons. The van der Waals surface area contributed by atoms with Crippen LogP contribution in [0.25, 0.3) is 0 Å². The van der Waals surface area contributed by atoms with Gasteiger partial charge in [-0.1, -0.05) is 6.07 Å². The van der Waals surface area contributed by atoms with Crippen LogP contribution in [0.5, 0.6) is 0 Å². The molecule has 0 atom stereocenters. The summed E-state index contributed by atoms with van der Waals surface area (Å²) in [4.78, 5) is 3.98. The first kappa shape index (κ1) is 12.6. The first-order valence-electron chi connectivity index (χ1n) is 6.65. The van der Waals surface area contributed by atoms with Crippen LogP contribution in [0.2, 0.25) is 0 Å². The normalized spacial score (nSPS) is 17.7. The number of likely N-dealkylation sites (tertiary alicyclic amines) is 1. The largest absolute Gasteiger partial charge is 0.382 e. The van der Waals surface area contributed by atoms with Crippen molar-refractivity contribution < 1.29 is 0 Å². The average molecular weight is 274 g/mol. The summed E-state index contributed by atoms with van der Waals surface area (Å²) in [6, 6.07) is 8.20. The number of nitrogen functional groups attached to an aromatic ring is 1. The third kappa shape index (κ3) is 3.11. The Balaban J connectivity index is 1.54. The van der Waals surface area contributed by atoms with E-state index in [1.807, 2.05) is 23.5 Å². The number of rotatable bonds is 3. The summed E-state index contributed by atoms with van der Waals surface area (Å²) < 4.78 is 0. The van der Waals surface area contributed by atoms with Crippen molar-refractivity contribution in [1.29, 1.82) is 0 Å². The van der Waals surface area contributed by atoms with Crippen LogP contribution in [0.1, 0.15) is 29.3 Å². The standard InChI is InChI=1S/C14H18N4S/c15-14-4-3-12(16-17-14)10-18-7-5-11(6-8-18)13-2-1-9-19-13/h1-4,9,11H,5-8,10H2,(H2,15,17). The van der Waals surface area contributed by atoms with Crippen LogP contribution in [0.3, 0.4) is 0 Å². The Hall–Kier alpha value is -1.46. The Morgan fingerprint density at radius 3 is 2.68 bits per heavy atom. The van der Waals surface area contributed by atoms with E-state index in [9.17, 15) is 0 Å². The monoisotopic (exact) mass is 274 g/mol. The van der Waals surface area contributed by atoms with Crippen molar-refractivity contribution >= 4 is 17.2 Å². The van der Waals surface area contributed by atoms with Crippen LogP contribution in [-0.2, 0) is 6.54 Å². The molecule has 19 heavy (non-hydrogen) atoms. The van der Waals surface area contributed by atoms with Gasteiger partial charge in [0.2, 0.25) is 0 Å². The van der Waals surface area contributed by atoms with E-state index >= 15 is 0 Å². The number of hydrogen-bond acceptors (Lipinski definition) is 5. The third-order valence-electron chi connectivity index (χ3n) is 3.66. The SMILES string of the molecule is Nc1ccc(CN2CCC(c3cccs3)CC2)nn1. The summed E-state index contributed by atoms with van der Waals surface area (Å²) in [6.07, 6.45) is 2.48. The molecule has 0 radical (unpaired) electrons. The van der Waals surface area contributed by atoms with Crippen LogP contribution >= 0.6 is 11.3 Å². The van der Waals surface area contributed by atoms with Gasteiger partial charge in [-0.2, -0.15) is 5.10 Å². The summed E-state index contributed by atoms with van der Waals surface area (Å²) in [7, 11) is 0. The topological polar surface area (TPSA) is 55.0 Å². The highest BCUT2D eigenvalue weighted by atomic mass is 32.1. The van der Waals surface area contributed by atoms with E-state index in [-0.39, 0.29) is 0 Å². The molecule has 3 heterocycles. The number of nitrogens with zero attached hydrogens (tertiary/aromatic N) is 3. The van der Waals surface area contributed by atoms with Gasteiger partial charge in [0.1, 0.15) is 5.82 Å². The molecule has 2 aromatic heterocycles. The smallest absolute Gasteiger partial charge is 0.146 e. The molecule has 2 N–H and O–H groups in total. The first-order chi connectivity index (χ1) is 9.31. The molecule has 1 saturated heterocycles. The van der Waals surface area contributed by atoms with E-state index in [0.717, 1.165) is 31.2 Å². The molecule has 0 aliphatic carbocycles. The molecule has 1 aliphatic heterocycles. The van der Waals surface area contributed by atoms with Gasteiger partial charge in [0, 0.05) is 11.4 Å². The van der Waals surface area contributed by atoms with Gasteiger partial charge in [0.05, 0.1) is 5.69 Å². The predicted molar refractivity (Wildman–Crippen MR) is 78.0 cm³/mol. The highest BCUT2D eigenvalue weighted by Gasteiger charge is 2.21. The van der Waals surface area contributed by atoms with E-state index in [1.165, 1.54) is 17.7 Å². The van der Waals surface area contributed by atoms with Gasteiger partial charge in [-0.05, 0) is 55.4 Å². The van der Waals surface area contributed by atoms with Gasteiger partial charge >= 0.3 is 0 Å². The van der Waals surface area contributed by atoms with Gasteiger partial charge < -0.3 is 5.73 Å². The molecule has 1 aliphatic rings. The number of nitrogens with two attached hydrogens (primary N) is 1. The molecule has 1 fully saturated rings. The van der Waals surface area contributed by atoms with Crippen molar-refractivity contribution in [3.05, 3.63) is 40.2 Å². The Morgan fingerprint density at radius 2 is 2.05 bits per heavy atom. The predicted octanol–water partition coefficient (Wildman–Crippen LogP) is 2.50. The van der Waals surface area contributed by atoms with E-state index < -0.39 is 0 Å². The number of aromatic nitrogens is 2. The summed E-state index contributed by atoms with van der Waals surface area (Å²) in [5, 5.41) is 10.2. The van der Waals surface area contributed by atoms with Gasteiger partial charge in [0.15, 0.2) is 0 Å². The maximum Gasteiger partial charge on any atom is 0.146 e. The van der Waals surface area contributed by atoms with Crippen molar-refractivity contribution in [3.8, 4) is 0 Å². The molecule has 0 bridgehead atoms. The fraction of sp³-hybridized carbons (Fsp3) is 0.429. The molecule has 0 saturated carbocycles. The highest BCUT2D eigenvalue weighted by molar-refractivity contribution is 7.10. The minimum atomic E-state index is 0.486. The fourth-order valence-electron chi connectivity index (χ4n) is 2.58. The minimum Gasteiger partial charge on any atom is -0.382 e. The molecule has 2 aromatic rings. The van der Waals surface area contributed by atoms with Gasteiger partial charge in [0.25, 0.3) is 0 Å². The second-order valence-electron chi connectivity index (χ2n) is 5.02. The van der Waals surface area contributed by atoms with Gasteiger partial charge in [-0.3, -0.25) is 4.90 Å². The van der Waals surface area contributed by atoms with Crippen molar-refractivity contribution in [1.82, 2.24) is 15.1 Å². The van der Waals surface area contributed by atoms with Crippen LogP contribution < -0.4 is 5.73 Å². The maximum absolute atomic E-state index is 5.55. The lowest BCUT2D eigenvalue weighted by Crippen LogP contribution is -2.32. The van der Waals surface area contributed by atoms with E-state index in [0.29, 0.717) is 5.82 Å². The molecule has 4 nitrogen and oxygen atoms in total. The zero-order valence-corrected chi connectivity index (χ0v) is 11.6.